The standard InChI is InChI=1S/C17H26N2O/c1-12(2)5-4-6-13(3)19-17(20)15-8-7-14-9-10-18-16(14)11-15/h7-8,11-13,18H,4-6,9-10H2,1-3H3,(H,19,20). The second kappa shape index (κ2) is 6.78. The predicted octanol–water partition coefficient (Wildman–Crippen LogP) is 3.60. The number of benzene rings is 1. The van der Waals surface area contributed by atoms with Gasteiger partial charge in [0.15, 0.2) is 0 Å². The summed E-state index contributed by atoms with van der Waals surface area (Å²) in [7, 11) is 0. The Hall–Kier alpha value is -1.51. The summed E-state index contributed by atoms with van der Waals surface area (Å²) in [6, 6.07) is 6.20. The minimum Gasteiger partial charge on any atom is -0.384 e. The maximum absolute atomic E-state index is 12.2. The quantitative estimate of drug-likeness (QED) is 0.832. The van der Waals surface area contributed by atoms with E-state index in [1.165, 1.54) is 18.4 Å². The second-order valence-electron chi connectivity index (χ2n) is 6.25. The van der Waals surface area contributed by atoms with Crippen molar-refractivity contribution in [2.75, 3.05) is 11.9 Å². The van der Waals surface area contributed by atoms with Crippen molar-refractivity contribution in [2.45, 2.75) is 52.5 Å². The highest BCUT2D eigenvalue weighted by Gasteiger charge is 2.14. The maximum Gasteiger partial charge on any atom is 0.251 e. The van der Waals surface area contributed by atoms with Gasteiger partial charge in [-0.25, -0.2) is 0 Å². The van der Waals surface area contributed by atoms with Crippen molar-refractivity contribution in [2.24, 2.45) is 5.92 Å². The van der Waals surface area contributed by atoms with Crippen LogP contribution in [0.2, 0.25) is 0 Å². The Morgan fingerprint density at radius 3 is 2.85 bits per heavy atom. The van der Waals surface area contributed by atoms with Crippen LogP contribution in [0.5, 0.6) is 0 Å². The number of fused-ring (bicyclic) bond motifs is 1. The van der Waals surface area contributed by atoms with Gasteiger partial charge >= 0.3 is 0 Å². The zero-order valence-electron chi connectivity index (χ0n) is 12.8. The first kappa shape index (κ1) is 14.9. The summed E-state index contributed by atoms with van der Waals surface area (Å²) in [4.78, 5) is 12.2. The van der Waals surface area contributed by atoms with E-state index in [0.29, 0.717) is 0 Å². The molecule has 1 aliphatic heterocycles. The number of carbonyl (C=O) groups excluding carboxylic acids is 1. The molecule has 3 heteroatoms. The van der Waals surface area contributed by atoms with Crippen molar-refractivity contribution in [3.63, 3.8) is 0 Å². The van der Waals surface area contributed by atoms with Gasteiger partial charge in [-0.1, -0.05) is 32.8 Å². The summed E-state index contributed by atoms with van der Waals surface area (Å²) < 4.78 is 0. The Kier molecular flexibility index (Phi) is 5.05. The topological polar surface area (TPSA) is 41.1 Å². The molecule has 0 saturated heterocycles. The van der Waals surface area contributed by atoms with Crippen LogP contribution in [0.25, 0.3) is 0 Å². The van der Waals surface area contributed by atoms with Crippen LogP contribution in [0.4, 0.5) is 5.69 Å². The molecule has 110 valence electrons. The minimum atomic E-state index is 0.0403. The van der Waals surface area contributed by atoms with E-state index in [1.54, 1.807) is 0 Å². The van der Waals surface area contributed by atoms with Gasteiger partial charge in [-0.3, -0.25) is 4.79 Å². The maximum atomic E-state index is 12.2. The Labute approximate surface area is 122 Å². The third-order valence-corrected chi connectivity index (χ3v) is 3.88. The number of anilines is 1. The van der Waals surface area contributed by atoms with Gasteiger partial charge in [-0.2, -0.15) is 0 Å². The summed E-state index contributed by atoms with van der Waals surface area (Å²) in [6.45, 7) is 7.54. The van der Waals surface area contributed by atoms with Crippen LogP contribution in [0.15, 0.2) is 18.2 Å². The summed E-state index contributed by atoms with van der Waals surface area (Å²) in [6.07, 6.45) is 4.50. The lowest BCUT2D eigenvalue weighted by Gasteiger charge is -2.15. The Balaban J connectivity index is 1.85. The molecule has 1 amide bonds. The number of amides is 1. The third kappa shape index (κ3) is 3.99. The van der Waals surface area contributed by atoms with Gasteiger partial charge in [-0.15, -0.1) is 0 Å². The highest BCUT2D eigenvalue weighted by molar-refractivity contribution is 5.95. The fraction of sp³-hybridized carbons (Fsp3) is 0.588. The van der Waals surface area contributed by atoms with E-state index < -0.39 is 0 Å². The lowest BCUT2D eigenvalue weighted by atomic mass is 10.0. The zero-order valence-corrected chi connectivity index (χ0v) is 12.8. The molecule has 1 unspecified atom stereocenters. The molecule has 2 rings (SSSR count). The Morgan fingerprint density at radius 1 is 1.30 bits per heavy atom. The summed E-state index contributed by atoms with van der Waals surface area (Å²) in [5.74, 6) is 0.777. The van der Waals surface area contributed by atoms with Gasteiger partial charge in [0.25, 0.3) is 5.91 Å². The van der Waals surface area contributed by atoms with Gasteiger partial charge in [0.05, 0.1) is 0 Å². The normalized spacial score (nSPS) is 14.8. The fourth-order valence-electron chi connectivity index (χ4n) is 2.64. The molecule has 2 N–H and O–H groups in total. The first-order chi connectivity index (χ1) is 9.56. The van der Waals surface area contributed by atoms with Crippen molar-refractivity contribution in [1.29, 1.82) is 0 Å². The monoisotopic (exact) mass is 274 g/mol. The molecular formula is C17H26N2O. The molecule has 20 heavy (non-hydrogen) atoms. The molecule has 0 radical (unpaired) electrons. The smallest absolute Gasteiger partial charge is 0.251 e. The zero-order chi connectivity index (χ0) is 14.5. The highest BCUT2D eigenvalue weighted by Crippen LogP contribution is 2.23. The Bertz CT molecular complexity index is 468. The van der Waals surface area contributed by atoms with Crippen LogP contribution in [-0.4, -0.2) is 18.5 Å². The third-order valence-electron chi connectivity index (χ3n) is 3.88. The van der Waals surface area contributed by atoms with E-state index in [4.69, 9.17) is 0 Å². The van der Waals surface area contributed by atoms with E-state index in [0.717, 1.165) is 36.6 Å². The van der Waals surface area contributed by atoms with E-state index in [9.17, 15) is 4.79 Å². The van der Waals surface area contributed by atoms with Crippen LogP contribution in [-0.2, 0) is 6.42 Å². The van der Waals surface area contributed by atoms with E-state index in [-0.39, 0.29) is 11.9 Å². The first-order valence-corrected chi connectivity index (χ1v) is 7.74. The number of carbonyl (C=O) groups is 1. The van der Waals surface area contributed by atoms with E-state index in [2.05, 4.69) is 37.5 Å². The molecule has 1 atom stereocenters. The van der Waals surface area contributed by atoms with Gasteiger partial charge in [0, 0.05) is 23.8 Å². The molecule has 1 heterocycles. The van der Waals surface area contributed by atoms with Crippen molar-refractivity contribution in [3.05, 3.63) is 29.3 Å². The van der Waals surface area contributed by atoms with Crippen molar-refractivity contribution >= 4 is 11.6 Å². The summed E-state index contributed by atoms with van der Waals surface area (Å²) >= 11 is 0. The molecule has 0 aromatic heterocycles. The average Bonchev–Trinajstić information content (AvgIpc) is 2.85. The molecule has 0 bridgehead atoms. The van der Waals surface area contributed by atoms with E-state index in [1.807, 2.05) is 12.1 Å². The van der Waals surface area contributed by atoms with Gasteiger partial charge in [0.2, 0.25) is 0 Å². The van der Waals surface area contributed by atoms with Crippen LogP contribution in [0.1, 0.15) is 56.0 Å². The molecule has 0 saturated carbocycles. The first-order valence-electron chi connectivity index (χ1n) is 7.74. The summed E-state index contributed by atoms with van der Waals surface area (Å²) in [5, 5.41) is 6.41. The SMILES string of the molecule is CC(C)CCCC(C)NC(=O)c1ccc2c(c1)NCC2. The molecule has 0 spiro atoms. The van der Waals surface area contributed by atoms with Gasteiger partial charge in [0.1, 0.15) is 0 Å². The summed E-state index contributed by atoms with van der Waals surface area (Å²) in [5.41, 5.74) is 3.19. The second-order valence-corrected chi connectivity index (χ2v) is 6.25. The number of rotatable bonds is 6. The Morgan fingerprint density at radius 2 is 2.10 bits per heavy atom. The molecule has 1 aliphatic rings. The van der Waals surface area contributed by atoms with Gasteiger partial charge in [-0.05, 0) is 43.4 Å². The highest BCUT2D eigenvalue weighted by atomic mass is 16.1. The lowest BCUT2D eigenvalue weighted by Crippen LogP contribution is -2.32. The van der Waals surface area contributed by atoms with Crippen LogP contribution < -0.4 is 10.6 Å². The van der Waals surface area contributed by atoms with E-state index >= 15 is 0 Å². The van der Waals surface area contributed by atoms with Crippen molar-refractivity contribution in [3.8, 4) is 0 Å². The molecule has 0 aliphatic carbocycles. The fourth-order valence-corrected chi connectivity index (χ4v) is 2.64. The number of nitrogens with one attached hydrogen (secondary N) is 2. The van der Waals surface area contributed by atoms with Crippen LogP contribution in [0.3, 0.4) is 0 Å². The number of hydrogen-bond donors (Lipinski definition) is 2. The van der Waals surface area contributed by atoms with Crippen molar-refractivity contribution in [1.82, 2.24) is 5.32 Å². The van der Waals surface area contributed by atoms with Gasteiger partial charge < -0.3 is 10.6 Å². The number of hydrogen-bond acceptors (Lipinski definition) is 2. The average molecular weight is 274 g/mol. The molecule has 1 aromatic rings. The largest absolute Gasteiger partial charge is 0.384 e. The van der Waals surface area contributed by atoms with Crippen LogP contribution in [0, 0.1) is 5.92 Å². The van der Waals surface area contributed by atoms with Crippen LogP contribution >= 0.6 is 0 Å². The minimum absolute atomic E-state index is 0.0403. The lowest BCUT2D eigenvalue weighted by molar-refractivity contribution is 0.0938. The predicted molar refractivity (Wildman–Crippen MR) is 84.3 cm³/mol. The molecule has 3 nitrogen and oxygen atoms in total. The molecule has 0 fully saturated rings. The van der Waals surface area contributed by atoms with Crippen molar-refractivity contribution < 1.29 is 4.79 Å². The molecule has 1 aromatic carbocycles. The molecular weight excluding hydrogens is 248 g/mol.